The SMILES string of the molecule is CCCC(=O)NC(C)(C)C1C(=O)CCCC1=O. The maximum atomic E-state index is 11.8. The standard InChI is InChI=1S/C13H21NO3/c1-4-6-11(17)14-13(2,3)12-9(15)7-5-8-10(12)16/h12H,4-8H2,1-3H3,(H,14,17). The molecule has 96 valence electrons. The molecule has 0 radical (unpaired) electrons. The zero-order chi connectivity index (χ0) is 13.1. The third kappa shape index (κ3) is 3.38. The Labute approximate surface area is 102 Å². The normalized spacial score (nSPS) is 18.3. The zero-order valence-electron chi connectivity index (χ0n) is 10.8. The van der Waals surface area contributed by atoms with Crippen LogP contribution in [0.5, 0.6) is 0 Å². The molecule has 1 fully saturated rings. The van der Waals surface area contributed by atoms with Gasteiger partial charge in [-0.25, -0.2) is 0 Å². The molecule has 1 aliphatic rings. The Balaban J connectivity index is 2.76. The summed E-state index contributed by atoms with van der Waals surface area (Å²) in [4.78, 5) is 35.2. The first-order chi connectivity index (χ1) is 7.88. The number of nitrogens with one attached hydrogen (secondary N) is 1. The molecule has 0 aromatic rings. The molecular weight excluding hydrogens is 218 g/mol. The summed E-state index contributed by atoms with van der Waals surface area (Å²) in [5, 5.41) is 2.81. The minimum Gasteiger partial charge on any atom is -0.350 e. The average molecular weight is 239 g/mol. The van der Waals surface area contributed by atoms with E-state index in [2.05, 4.69) is 5.32 Å². The largest absolute Gasteiger partial charge is 0.350 e. The van der Waals surface area contributed by atoms with Gasteiger partial charge in [-0.15, -0.1) is 0 Å². The Kier molecular flexibility index (Phi) is 4.43. The van der Waals surface area contributed by atoms with E-state index < -0.39 is 11.5 Å². The van der Waals surface area contributed by atoms with E-state index in [1.165, 1.54) is 0 Å². The van der Waals surface area contributed by atoms with E-state index in [1.54, 1.807) is 13.8 Å². The number of rotatable bonds is 4. The molecule has 0 spiro atoms. The first-order valence-corrected chi connectivity index (χ1v) is 6.25. The number of amides is 1. The van der Waals surface area contributed by atoms with Gasteiger partial charge in [0.1, 0.15) is 11.6 Å². The summed E-state index contributed by atoms with van der Waals surface area (Å²) in [6, 6.07) is 0. The van der Waals surface area contributed by atoms with Crippen molar-refractivity contribution in [3.8, 4) is 0 Å². The van der Waals surface area contributed by atoms with E-state index in [1.807, 2.05) is 6.92 Å². The molecule has 4 nitrogen and oxygen atoms in total. The predicted octanol–water partition coefficient (Wildman–Crippen LogP) is 1.62. The van der Waals surface area contributed by atoms with Crippen molar-refractivity contribution >= 4 is 17.5 Å². The molecular formula is C13H21NO3. The molecule has 0 saturated heterocycles. The Bertz CT molecular complexity index is 318. The lowest BCUT2D eigenvalue weighted by molar-refractivity contribution is -0.139. The van der Waals surface area contributed by atoms with Gasteiger partial charge in [0, 0.05) is 19.3 Å². The van der Waals surface area contributed by atoms with E-state index in [9.17, 15) is 14.4 Å². The van der Waals surface area contributed by atoms with Crippen molar-refractivity contribution in [1.82, 2.24) is 5.32 Å². The molecule has 0 aromatic heterocycles. The summed E-state index contributed by atoms with van der Waals surface area (Å²) in [5.41, 5.74) is -0.763. The molecule has 0 aromatic carbocycles. The molecule has 0 unspecified atom stereocenters. The molecule has 1 rings (SSSR count). The highest BCUT2D eigenvalue weighted by Gasteiger charge is 2.42. The predicted molar refractivity (Wildman–Crippen MR) is 64.5 cm³/mol. The summed E-state index contributed by atoms with van der Waals surface area (Å²) >= 11 is 0. The summed E-state index contributed by atoms with van der Waals surface area (Å²) in [6.07, 6.45) is 2.73. The van der Waals surface area contributed by atoms with Crippen LogP contribution in [0.2, 0.25) is 0 Å². The van der Waals surface area contributed by atoms with Crippen molar-refractivity contribution in [3.63, 3.8) is 0 Å². The maximum absolute atomic E-state index is 11.8. The van der Waals surface area contributed by atoms with Crippen molar-refractivity contribution in [1.29, 1.82) is 0 Å². The number of Topliss-reactive ketones (excluding diaryl/α,β-unsaturated/α-hetero) is 2. The number of hydrogen-bond donors (Lipinski definition) is 1. The number of carbonyl (C=O) groups excluding carboxylic acids is 3. The van der Waals surface area contributed by atoms with Crippen LogP contribution in [-0.4, -0.2) is 23.0 Å². The van der Waals surface area contributed by atoms with Gasteiger partial charge < -0.3 is 5.32 Å². The average Bonchev–Trinajstić information content (AvgIpc) is 2.15. The van der Waals surface area contributed by atoms with Crippen LogP contribution in [-0.2, 0) is 14.4 Å². The van der Waals surface area contributed by atoms with Crippen molar-refractivity contribution in [2.45, 2.75) is 58.4 Å². The topological polar surface area (TPSA) is 63.2 Å². The van der Waals surface area contributed by atoms with E-state index in [0.29, 0.717) is 25.7 Å². The van der Waals surface area contributed by atoms with Gasteiger partial charge in [0.05, 0.1) is 11.5 Å². The van der Waals surface area contributed by atoms with Crippen LogP contribution in [0.1, 0.15) is 52.9 Å². The van der Waals surface area contributed by atoms with Gasteiger partial charge in [0.25, 0.3) is 0 Å². The third-order valence-corrected chi connectivity index (χ3v) is 3.15. The molecule has 17 heavy (non-hydrogen) atoms. The van der Waals surface area contributed by atoms with Gasteiger partial charge in [-0.3, -0.25) is 14.4 Å². The van der Waals surface area contributed by atoms with Gasteiger partial charge in [0.2, 0.25) is 5.91 Å². The first kappa shape index (κ1) is 13.9. The van der Waals surface area contributed by atoms with Crippen LogP contribution in [0.4, 0.5) is 0 Å². The Hall–Kier alpha value is -1.19. The monoisotopic (exact) mass is 239 g/mol. The van der Waals surface area contributed by atoms with Crippen LogP contribution < -0.4 is 5.32 Å². The van der Waals surface area contributed by atoms with E-state index in [0.717, 1.165) is 6.42 Å². The maximum Gasteiger partial charge on any atom is 0.220 e. The quantitative estimate of drug-likeness (QED) is 0.758. The summed E-state index contributed by atoms with van der Waals surface area (Å²) < 4.78 is 0. The Morgan fingerprint density at radius 3 is 2.29 bits per heavy atom. The molecule has 1 saturated carbocycles. The van der Waals surface area contributed by atoms with Crippen LogP contribution >= 0.6 is 0 Å². The summed E-state index contributed by atoms with van der Waals surface area (Å²) in [7, 11) is 0. The fourth-order valence-electron chi connectivity index (χ4n) is 2.43. The highest BCUT2D eigenvalue weighted by atomic mass is 16.2. The summed E-state index contributed by atoms with van der Waals surface area (Å²) in [6.45, 7) is 5.43. The molecule has 1 aliphatic carbocycles. The van der Waals surface area contributed by atoms with Crippen LogP contribution in [0.25, 0.3) is 0 Å². The second-order valence-corrected chi connectivity index (χ2v) is 5.24. The molecule has 1 N–H and O–H groups in total. The smallest absolute Gasteiger partial charge is 0.220 e. The lowest BCUT2D eigenvalue weighted by Gasteiger charge is -2.35. The second kappa shape index (κ2) is 5.43. The zero-order valence-corrected chi connectivity index (χ0v) is 10.8. The molecule has 1 amide bonds. The van der Waals surface area contributed by atoms with E-state index in [4.69, 9.17) is 0 Å². The minimum absolute atomic E-state index is 0.0388. The fourth-order valence-corrected chi connectivity index (χ4v) is 2.43. The molecule has 0 heterocycles. The van der Waals surface area contributed by atoms with Crippen LogP contribution in [0.3, 0.4) is 0 Å². The van der Waals surface area contributed by atoms with Gasteiger partial charge >= 0.3 is 0 Å². The van der Waals surface area contributed by atoms with E-state index >= 15 is 0 Å². The molecule has 0 aliphatic heterocycles. The van der Waals surface area contributed by atoms with Gasteiger partial charge in [-0.1, -0.05) is 6.92 Å². The van der Waals surface area contributed by atoms with Crippen molar-refractivity contribution in [3.05, 3.63) is 0 Å². The van der Waals surface area contributed by atoms with E-state index in [-0.39, 0.29) is 17.5 Å². The van der Waals surface area contributed by atoms with Crippen molar-refractivity contribution in [2.24, 2.45) is 5.92 Å². The van der Waals surface area contributed by atoms with Crippen LogP contribution in [0, 0.1) is 5.92 Å². The molecule has 4 heteroatoms. The van der Waals surface area contributed by atoms with Gasteiger partial charge in [-0.2, -0.15) is 0 Å². The van der Waals surface area contributed by atoms with Crippen LogP contribution in [0.15, 0.2) is 0 Å². The lowest BCUT2D eigenvalue weighted by atomic mass is 9.75. The Morgan fingerprint density at radius 2 is 1.82 bits per heavy atom. The first-order valence-electron chi connectivity index (χ1n) is 6.25. The highest BCUT2D eigenvalue weighted by Crippen LogP contribution is 2.27. The minimum atomic E-state index is -0.763. The molecule has 0 bridgehead atoms. The number of ketones is 2. The van der Waals surface area contributed by atoms with Gasteiger partial charge in [-0.05, 0) is 26.7 Å². The Morgan fingerprint density at radius 1 is 1.29 bits per heavy atom. The highest BCUT2D eigenvalue weighted by molar-refractivity contribution is 6.06. The van der Waals surface area contributed by atoms with Crippen molar-refractivity contribution < 1.29 is 14.4 Å². The number of hydrogen-bond acceptors (Lipinski definition) is 3. The summed E-state index contributed by atoms with van der Waals surface area (Å²) in [5.74, 6) is -0.841. The lowest BCUT2D eigenvalue weighted by Crippen LogP contribution is -2.55. The fraction of sp³-hybridized carbons (Fsp3) is 0.769. The van der Waals surface area contributed by atoms with Crippen molar-refractivity contribution in [2.75, 3.05) is 0 Å². The third-order valence-electron chi connectivity index (χ3n) is 3.15. The van der Waals surface area contributed by atoms with Gasteiger partial charge in [0.15, 0.2) is 0 Å². The molecule has 0 atom stereocenters. The second-order valence-electron chi connectivity index (χ2n) is 5.24. The number of carbonyl (C=O) groups is 3.